The summed E-state index contributed by atoms with van der Waals surface area (Å²) in [5.41, 5.74) is 7.21. The summed E-state index contributed by atoms with van der Waals surface area (Å²) in [7, 11) is 1.56. The van der Waals surface area contributed by atoms with E-state index >= 15 is 0 Å². The van der Waals surface area contributed by atoms with Crippen molar-refractivity contribution in [3.8, 4) is 11.5 Å². The van der Waals surface area contributed by atoms with Crippen molar-refractivity contribution in [1.82, 2.24) is 0 Å². The molecular formula is C12H16BrNO2. The number of hydrogen-bond acceptors (Lipinski definition) is 3. The van der Waals surface area contributed by atoms with Gasteiger partial charge in [0.2, 0.25) is 0 Å². The van der Waals surface area contributed by atoms with Gasteiger partial charge in [0.15, 0.2) is 11.5 Å². The van der Waals surface area contributed by atoms with Crippen molar-refractivity contribution in [2.45, 2.75) is 19.3 Å². The Balaban J connectivity index is 2.25. The second-order valence-electron chi connectivity index (χ2n) is 4.51. The topological polar surface area (TPSA) is 55.5 Å². The van der Waals surface area contributed by atoms with Crippen molar-refractivity contribution < 1.29 is 9.84 Å². The van der Waals surface area contributed by atoms with Gasteiger partial charge in [-0.05, 0) is 64.8 Å². The van der Waals surface area contributed by atoms with Gasteiger partial charge in [0.05, 0.1) is 11.6 Å². The fraction of sp³-hybridized carbons (Fsp3) is 0.500. The standard InChI is InChI=1S/C12H16BrNO2/c1-16-10-5-8(4-9(13)11(10)15)6-12(7-14)2-3-12/h4-5,15H,2-3,6-7,14H2,1H3. The summed E-state index contributed by atoms with van der Waals surface area (Å²) in [6.45, 7) is 0.730. The van der Waals surface area contributed by atoms with E-state index in [9.17, 15) is 5.11 Å². The van der Waals surface area contributed by atoms with Crippen molar-refractivity contribution >= 4 is 15.9 Å². The fourth-order valence-electron chi connectivity index (χ4n) is 1.95. The molecule has 0 heterocycles. The number of benzene rings is 1. The number of halogens is 1. The van der Waals surface area contributed by atoms with E-state index in [1.807, 2.05) is 12.1 Å². The maximum atomic E-state index is 9.70. The quantitative estimate of drug-likeness (QED) is 0.894. The third-order valence-corrected chi connectivity index (χ3v) is 3.88. The lowest BCUT2D eigenvalue weighted by atomic mass is 9.96. The molecule has 2 rings (SSSR count). The van der Waals surface area contributed by atoms with E-state index in [0.29, 0.717) is 15.6 Å². The molecular weight excluding hydrogens is 270 g/mol. The first-order valence-electron chi connectivity index (χ1n) is 5.36. The molecule has 1 aliphatic carbocycles. The highest BCUT2D eigenvalue weighted by Gasteiger charge is 2.41. The summed E-state index contributed by atoms with van der Waals surface area (Å²) < 4.78 is 5.80. The zero-order valence-electron chi connectivity index (χ0n) is 9.29. The Morgan fingerprint density at radius 1 is 1.50 bits per heavy atom. The minimum Gasteiger partial charge on any atom is -0.503 e. The highest BCUT2D eigenvalue weighted by atomic mass is 79.9. The molecule has 1 aromatic carbocycles. The van der Waals surface area contributed by atoms with Crippen molar-refractivity contribution in [3.05, 3.63) is 22.2 Å². The molecule has 0 saturated heterocycles. The van der Waals surface area contributed by atoms with Crippen molar-refractivity contribution in [2.75, 3.05) is 13.7 Å². The zero-order chi connectivity index (χ0) is 11.8. The maximum absolute atomic E-state index is 9.70. The Labute approximate surface area is 104 Å². The van der Waals surface area contributed by atoms with Crippen LogP contribution >= 0.6 is 15.9 Å². The molecule has 0 bridgehead atoms. The molecule has 0 aliphatic heterocycles. The summed E-state index contributed by atoms with van der Waals surface area (Å²) in [5, 5.41) is 9.70. The average molecular weight is 286 g/mol. The molecule has 0 spiro atoms. The van der Waals surface area contributed by atoms with Gasteiger partial charge in [0, 0.05) is 0 Å². The van der Waals surface area contributed by atoms with E-state index < -0.39 is 0 Å². The monoisotopic (exact) mass is 285 g/mol. The molecule has 0 atom stereocenters. The SMILES string of the molecule is COc1cc(CC2(CN)CC2)cc(Br)c1O. The molecule has 16 heavy (non-hydrogen) atoms. The van der Waals surface area contributed by atoms with E-state index in [4.69, 9.17) is 10.5 Å². The summed E-state index contributed by atoms with van der Waals surface area (Å²) in [6, 6.07) is 3.82. The predicted molar refractivity (Wildman–Crippen MR) is 66.8 cm³/mol. The van der Waals surface area contributed by atoms with Crippen LogP contribution < -0.4 is 10.5 Å². The molecule has 3 N–H and O–H groups in total. The van der Waals surface area contributed by atoms with Gasteiger partial charge in [-0.15, -0.1) is 0 Å². The molecule has 4 heteroatoms. The fourth-order valence-corrected chi connectivity index (χ4v) is 2.44. The van der Waals surface area contributed by atoms with Gasteiger partial charge in [-0.3, -0.25) is 0 Å². The van der Waals surface area contributed by atoms with Crippen LogP contribution in [0, 0.1) is 5.41 Å². The number of methoxy groups -OCH3 is 1. The molecule has 1 aromatic rings. The first-order chi connectivity index (χ1) is 7.60. The number of rotatable bonds is 4. The van der Waals surface area contributed by atoms with Crippen LogP contribution in [-0.4, -0.2) is 18.8 Å². The highest BCUT2D eigenvalue weighted by Crippen LogP contribution is 2.48. The Morgan fingerprint density at radius 3 is 2.69 bits per heavy atom. The van der Waals surface area contributed by atoms with E-state index in [0.717, 1.165) is 18.5 Å². The van der Waals surface area contributed by atoms with E-state index in [2.05, 4.69) is 15.9 Å². The van der Waals surface area contributed by atoms with Gasteiger partial charge < -0.3 is 15.6 Å². The molecule has 0 amide bonds. The molecule has 1 aliphatic rings. The van der Waals surface area contributed by atoms with Gasteiger partial charge in [-0.1, -0.05) is 0 Å². The third-order valence-electron chi connectivity index (χ3n) is 3.28. The lowest BCUT2D eigenvalue weighted by Gasteiger charge is -2.14. The maximum Gasteiger partial charge on any atom is 0.172 e. The van der Waals surface area contributed by atoms with E-state index in [1.165, 1.54) is 12.8 Å². The second-order valence-corrected chi connectivity index (χ2v) is 5.36. The van der Waals surface area contributed by atoms with Crippen molar-refractivity contribution in [3.63, 3.8) is 0 Å². The normalized spacial score (nSPS) is 17.2. The lowest BCUT2D eigenvalue weighted by molar-refractivity contribution is 0.370. The van der Waals surface area contributed by atoms with Crippen LogP contribution in [0.2, 0.25) is 0 Å². The molecule has 88 valence electrons. The lowest BCUT2D eigenvalue weighted by Crippen LogP contribution is -2.17. The number of phenols is 1. The van der Waals surface area contributed by atoms with Crippen LogP contribution in [0.1, 0.15) is 18.4 Å². The van der Waals surface area contributed by atoms with Crippen LogP contribution in [-0.2, 0) is 6.42 Å². The summed E-state index contributed by atoms with van der Waals surface area (Å²) >= 11 is 3.33. The summed E-state index contributed by atoms with van der Waals surface area (Å²) in [6.07, 6.45) is 3.35. The number of hydrogen-bond donors (Lipinski definition) is 2. The smallest absolute Gasteiger partial charge is 0.172 e. The Bertz CT molecular complexity index is 402. The minimum atomic E-state index is 0.156. The number of ether oxygens (including phenoxy) is 1. The Kier molecular flexibility index (Phi) is 3.13. The van der Waals surface area contributed by atoms with E-state index in [-0.39, 0.29) is 5.75 Å². The molecule has 0 radical (unpaired) electrons. The summed E-state index contributed by atoms with van der Waals surface area (Å²) in [4.78, 5) is 0. The zero-order valence-corrected chi connectivity index (χ0v) is 10.9. The van der Waals surface area contributed by atoms with Gasteiger partial charge in [-0.25, -0.2) is 0 Å². The number of phenolic OH excluding ortho intramolecular Hbond substituents is 1. The van der Waals surface area contributed by atoms with Crippen LogP contribution in [0.25, 0.3) is 0 Å². The first-order valence-corrected chi connectivity index (χ1v) is 6.15. The van der Waals surface area contributed by atoms with Gasteiger partial charge in [0.25, 0.3) is 0 Å². The van der Waals surface area contributed by atoms with Crippen LogP contribution in [0.3, 0.4) is 0 Å². The molecule has 3 nitrogen and oxygen atoms in total. The number of aromatic hydroxyl groups is 1. The summed E-state index contributed by atoms with van der Waals surface area (Å²) in [5.74, 6) is 0.668. The third kappa shape index (κ3) is 2.18. The van der Waals surface area contributed by atoms with Crippen LogP contribution in [0.5, 0.6) is 11.5 Å². The van der Waals surface area contributed by atoms with Gasteiger partial charge >= 0.3 is 0 Å². The largest absolute Gasteiger partial charge is 0.503 e. The molecule has 1 saturated carbocycles. The second kappa shape index (κ2) is 4.26. The molecule has 1 fully saturated rings. The predicted octanol–water partition coefficient (Wildman–Crippen LogP) is 2.44. The first kappa shape index (κ1) is 11.7. The number of nitrogens with two attached hydrogens (primary N) is 1. The van der Waals surface area contributed by atoms with Crippen molar-refractivity contribution in [1.29, 1.82) is 0 Å². The minimum absolute atomic E-state index is 0.156. The van der Waals surface area contributed by atoms with Gasteiger partial charge in [-0.2, -0.15) is 0 Å². The van der Waals surface area contributed by atoms with Crippen molar-refractivity contribution in [2.24, 2.45) is 11.1 Å². The Morgan fingerprint density at radius 2 is 2.19 bits per heavy atom. The van der Waals surface area contributed by atoms with Crippen LogP contribution in [0.4, 0.5) is 0 Å². The van der Waals surface area contributed by atoms with Crippen LogP contribution in [0.15, 0.2) is 16.6 Å². The molecule has 0 aromatic heterocycles. The Hall–Kier alpha value is -0.740. The van der Waals surface area contributed by atoms with E-state index in [1.54, 1.807) is 7.11 Å². The highest BCUT2D eigenvalue weighted by molar-refractivity contribution is 9.10. The average Bonchev–Trinajstić information content (AvgIpc) is 3.04. The molecule has 0 unspecified atom stereocenters. The van der Waals surface area contributed by atoms with Gasteiger partial charge in [0.1, 0.15) is 0 Å².